The van der Waals surface area contributed by atoms with Crippen LogP contribution in [0.1, 0.15) is 258 Å². The third-order valence-corrected chi connectivity index (χ3v) is 10.7. The summed E-state index contributed by atoms with van der Waals surface area (Å²) in [6, 6.07) is 0. The highest BCUT2D eigenvalue weighted by atomic mass is 16.6. The van der Waals surface area contributed by atoms with Crippen LogP contribution in [0.4, 0.5) is 0 Å². The molecule has 0 aliphatic carbocycles. The number of allylic oxidation sites excluding steroid dienone is 4. The fourth-order valence-corrected chi connectivity index (χ4v) is 7.07. The second kappa shape index (κ2) is 45.6. The van der Waals surface area contributed by atoms with Crippen molar-refractivity contribution in [1.82, 2.24) is 0 Å². The van der Waals surface area contributed by atoms with Crippen molar-refractivity contribution in [3.05, 3.63) is 24.3 Å². The van der Waals surface area contributed by atoms with Crippen molar-refractivity contribution in [1.29, 1.82) is 0 Å². The van der Waals surface area contributed by atoms with Crippen LogP contribution in [0, 0.1) is 0 Å². The molecule has 1 unspecified atom stereocenters. The molecule has 0 spiro atoms. The summed E-state index contributed by atoms with van der Waals surface area (Å²) >= 11 is 0. The minimum Gasteiger partial charge on any atom is -0.462 e. The van der Waals surface area contributed by atoms with Gasteiger partial charge in [0.05, 0.1) is 0 Å². The molecule has 0 aliphatic rings. The van der Waals surface area contributed by atoms with Gasteiger partial charge in [0.15, 0.2) is 6.10 Å². The van der Waals surface area contributed by atoms with Gasteiger partial charge in [-0.3, -0.25) is 14.4 Å². The fourth-order valence-electron chi connectivity index (χ4n) is 7.07. The molecule has 56 heavy (non-hydrogen) atoms. The first kappa shape index (κ1) is 53.9. The lowest BCUT2D eigenvalue weighted by Gasteiger charge is -2.18. The monoisotopic (exact) mass is 789 g/mol. The molecule has 6 heteroatoms. The van der Waals surface area contributed by atoms with Gasteiger partial charge in [-0.15, -0.1) is 0 Å². The van der Waals surface area contributed by atoms with Crippen LogP contribution >= 0.6 is 0 Å². The molecule has 0 fully saturated rings. The van der Waals surface area contributed by atoms with Crippen molar-refractivity contribution >= 4 is 17.9 Å². The Morgan fingerprint density at radius 3 is 1.07 bits per heavy atom. The van der Waals surface area contributed by atoms with E-state index in [-0.39, 0.29) is 31.1 Å². The molecule has 0 bridgehead atoms. The van der Waals surface area contributed by atoms with E-state index >= 15 is 0 Å². The first-order valence-electron chi connectivity index (χ1n) is 24.3. The molecule has 0 radical (unpaired) electrons. The van der Waals surface area contributed by atoms with E-state index in [1.165, 1.54) is 135 Å². The number of unbranched alkanes of at least 4 members (excludes halogenated alkanes) is 29. The smallest absolute Gasteiger partial charge is 0.306 e. The highest BCUT2D eigenvalue weighted by Gasteiger charge is 2.19. The quantitative estimate of drug-likeness (QED) is 0.0265. The Kier molecular flexibility index (Phi) is 43.9. The topological polar surface area (TPSA) is 78.9 Å². The zero-order valence-corrected chi connectivity index (χ0v) is 37.4. The first-order chi connectivity index (χ1) is 27.5. The molecule has 0 amide bonds. The second-order valence-electron chi connectivity index (χ2n) is 16.4. The van der Waals surface area contributed by atoms with Crippen LogP contribution in [0.25, 0.3) is 0 Å². The lowest BCUT2D eigenvalue weighted by molar-refractivity contribution is -0.167. The molecule has 0 N–H and O–H groups in total. The third kappa shape index (κ3) is 43.0. The van der Waals surface area contributed by atoms with E-state index in [1.807, 2.05) is 0 Å². The van der Waals surface area contributed by atoms with E-state index in [0.29, 0.717) is 19.3 Å². The summed E-state index contributed by atoms with van der Waals surface area (Å²) in [4.78, 5) is 37.8. The van der Waals surface area contributed by atoms with Gasteiger partial charge in [0.25, 0.3) is 0 Å². The Hall–Kier alpha value is -2.11. The maximum atomic E-state index is 12.7. The van der Waals surface area contributed by atoms with Crippen LogP contribution < -0.4 is 0 Å². The molecule has 0 aromatic rings. The highest BCUT2D eigenvalue weighted by Crippen LogP contribution is 2.16. The molecule has 0 aliphatic heterocycles. The molecule has 0 saturated heterocycles. The van der Waals surface area contributed by atoms with Gasteiger partial charge in [-0.2, -0.15) is 0 Å². The second-order valence-corrected chi connectivity index (χ2v) is 16.4. The fraction of sp³-hybridized carbons (Fsp3) is 0.860. The number of carbonyl (C=O) groups excluding carboxylic acids is 3. The average molecular weight is 789 g/mol. The SMILES string of the molecule is CC/C=C\C/C=C\CCCCCCCC(=O)OCC(COC(=O)CCCCCCCCCCCCCCC)OC(=O)CCCCCCCCCCCCCCC. The number of rotatable bonds is 44. The van der Waals surface area contributed by atoms with Gasteiger partial charge in [0.1, 0.15) is 13.2 Å². The summed E-state index contributed by atoms with van der Waals surface area (Å²) in [5.41, 5.74) is 0. The first-order valence-corrected chi connectivity index (χ1v) is 24.3. The van der Waals surface area contributed by atoms with Gasteiger partial charge in [0, 0.05) is 19.3 Å². The van der Waals surface area contributed by atoms with Crippen molar-refractivity contribution in [3.63, 3.8) is 0 Å². The summed E-state index contributed by atoms with van der Waals surface area (Å²) in [5, 5.41) is 0. The summed E-state index contributed by atoms with van der Waals surface area (Å²) in [5.74, 6) is -0.876. The van der Waals surface area contributed by atoms with Crippen molar-refractivity contribution in [2.75, 3.05) is 13.2 Å². The van der Waals surface area contributed by atoms with Crippen LogP contribution in [0.3, 0.4) is 0 Å². The Balaban J connectivity index is 4.35. The summed E-state index contributed by atoms with van der Waals surface area (Å²) in [6.07, 6.45) is 50.1. The van der Waals surface area contributed by atoms with Gasteiger partial charge < -0.3 is 14.2 Å². The van der Waals surface area contributed by atoms with Crippen LogP contribution in [0.5, 0.6) is 0 Å². The predicted octanol–water partition coefficient (Wildman–Crippen LogP) is 15.6. The van der Waals surface area contributed by atoms with E-state index < -0.39 is 6.10 Å². The third-order valence-electron chi connectivity index (χ3n) is 10.7. The molecule has 0 aromatic carbocycles. The van der Waals surface area contributed by atoms with Crippen molar-refractivity contribution < 1.29 is 28.6 Å². The van der Waals surface area contributed by atoms with E-state index in [1.54, 1.807) is 0 Å². The van der Waals surface area contributed by atoms with Gasteiger partial charge in [0.2, 0.25) is 0 Å². The molecular formula is C50H92O6. The summed E-state index contributed by atoms with van der Waals surface area (Å²) < 4.78 is 16.7. The number of ether oxygens (including phenoxy) is 3. The standard InChI is InChI=1S/C50H92O6/c1-4-7-10-13-16-19-22-25-28-31-34-37-40-43-49(52)55-46-47(45-54-48(51)42-39-36-33-30-27-24-21-18-15-12-9-6-3)56-50(53)44-41-38-35-32-29-26-23-20-17-14-11-8-5-2/h9,12,18,21,47H,4-8,10-11,13-17,19-20,22-46H2,1-3H3/b12-9-,21-18-. The zero-order valence-electron chi connectivity index (χ0n) is 37.4. The van der Waals surface area contributed by atoms with Gasteiger partial charge in [-0.25, -0.2) is 0 Å². The number of esters is 3. The van der Waals surface area contributed by atoms with Gasteiger partial charge >= 0.3 is 17.9 Å². The molecule has 0 heterocycles. The Bertz CT molecular complexity index is 911. The lowest BCUT2D eigenvalue weighted by Crippen LogP contribution is -2.30. The van der Waals surface area contributed by atoms with E-state index in [4.69, 9.17) is 14.2 Å². The molecule has 0 rings (SSSR count). The Morgan fingerprint density at radius 2 is 0.696 bits per heavy atom. The number of carbonyl (C=O) groups is 3. The Morgan fingerprint density at radius 1 is 0.375 bits per heavy atom. The van der Waals surface area contributed by atoms with E-state index in [9.17, 15) is 14.4 Å². The zero-order chi connectivity index (χ0) is 40.8. The maximum Gasteiger partial charge on any atom is 0.306 e. The van der Waals surface area contributed by atoms with Crippen LogP contribution in [0.15, 0.2) is 24.3 Å². The average Bonchev–Trinajstić information content (AvgIpc) is 3.19. The van der Waals surface area contributed by atoms with Crippen molar-refractivity contribution in [2.24, 2.45) is 0 Å². The molecular weight excluding hydrogens is 697 g/mol. The lowest BCUT2D eigenvalue weighted by atomic mass is 10.0. The summed E-state index contributed by atoms with van der Waals surface area (Å²) in [7, 11) is 0. The van der Waals surface area contributed by atoms with Crippen LogP contribution in [-0.4, -0.2) is 37.2 Å². The van der Waals surface area contributed by atoms with Gasteiger partial charge in [-0.1, -0.05) is 218 Å². The maximum absolute atomic E-state index is 12.7. The highest BCUT2D eigenvalue weighted by molar-refractivity contribution is 5.71. The minimum atomic E-state index is -0.769. The minimum absolute atomic E-state index is 0.0712. The van der Waals surface area contributed by atoms with Gasteiger partial charge in [-0.05, 0) is 44.9 Å². The molecule has 1 atom stereocenters. The normalized spacial score (nSPS) is 12.1. The predicted molar refractivity (Wildman–Crippen MR) is 238 cm³/mol. The largest absolute Gasteiger partial charge is 0.462 e. The van der Waals surface area contributed by atoms with Crippen molar-refractivity contribution in [2.45, 2.75) is 264 Å². The molecule has 328 valence electrons. The van der Waals surface area contributed by atoms with E-state index in [0.717, 1.165) is 83.5 Å². The molecule has 0 saturated carbocycles. The number of hydrogen-bond donors (Lipinski definition) is 0. The van der Waals surface area contributed by atoms with E-state index in [2.05, 4.69) is 45.1 Å². The Labute approximate surface area is 347 Å². The van der Waals surface area contributed by atoms with Crippen LogP contribution in [0.2, 0.25) is 0 Å². The van der Waals surface area contributed by atoms with Crippen molar-refractivity contribution in [3.8, 4) is 0 Å². The summed E-state index contributed by atoms with van der Waals surface area (Å²) in [6.45, 7) is 6.53. The number of hydrogen-bond acceptors (Lipinski definition) is 6. The van der Waals surface area contributed by atoms with Crippen LogP contribution in [-0.2, 0) is 28.6 Å². The molecule has 6 nitrogen and oxygen atoms in total. The molecule has 0 aromatic heterocycles.